The molecular formula is C11H17NO4S. The summed E-state index contributed by atoms with van der Waals surface area (Å²) in [6.07, 6.45) is -0.715. The normalized spacial score (nSPS) is 13.4. The Kier molecular flexibility index (Phi) is 4.92. The van der Waals surface area contributed by atoms with E-state index in [0.29, 0.717) is 12.4 Å². The second-order valence-electron chi connectivity index (χ2n) is 3.61. The largest absolute Gasteiger partial charge is 0.494 e. The molecule has 1 atom stereocenters. The summed E-state index contributed by atoms with van der Waals surface area (Å²) in [6.45, 7) is 3.90. The molecule has 0 aliphatic rings. The molecule has 0 radical (unpaired) electrons. The minimum atomic E-state index is -3.55. The van der Waals surface area contributed by atoms with Crippen LogP contribution in [0.25, 0.3) is 0 Å². The predicted molar refractivity (Wildman–Crippen MR) is 64.5 cm³/mol. The molecule has 0 saturated carbocycles. The quantitative estimate of drug-likeness (QED) is 0.790. The fraction of sp³-hybridized carbons (Fsp3) is 0.455. The Morgan fingerprint density at radius 1 is 1.35 bits per heavy atom. The van der Waals surface area contributed by atoms with Gasteiger partial charge in [0.1, 0.15) is 5.75 Å². The summed E-state index contributed by atoms with van der Waals surface area (Å²) in [7, 11) is -3.55. The molecule has 5 nitrogen and oxygen atoms in total. The number of aliphatic hydroxyl groups is 1. The zero-order chi connectivity index (χ0) is 12.9. The first kappa shape index (κ1) is 14.0. The van der Waals surface area contributed by atoms with Crippen molar-refractivity contribution in [2.45, 2.75) is 24.8 Å². The van der Waals surface area contributed by atoms with Crippen LogP contribution >= 0.6 is 0 Å². The van der Waals surface area contributed by atoms with E-state index in [2.05, 4.69) is 4.72 Å². The maximum atomic E-state index is 11.7. The van der Waals surface area contributed by atoms with E-state index in [1.54, 1.807) is 12.1 Å². The molecule has 0 saturated heterocycles. The molecule has 1 aromatic rings. The lowest BCUT2D eigenvalue weighted by molar-refractivity contribution is 0.198. The van der Waals surface area contributed by atoms with Gasteiger partial charge in [0.2, 0.25) is 10.0 Å². The van der Waals surface area contributed by atoms with E-state index in [0.717, 1.165) is 0 Å². The standard InChI is InChI=1S/C11H17NO4S/c1-3-16-10-4-6-11(7-5-10)17(14,15)12-8-9(2)13/h4-7,9,12-13H,3,8H2,1-2H3/t9-/m0/s1. The number of sulfonamides is 1. The summed E-state index contributed by atoms with van der Waals surface area (Å²) in [5, 5.41) is 9.03. The zero-order valence-corrected chi connectivity index (χ0v) is 10.7. The van der Waals surface area contributed by atoms with Gasteiger partial charge in [-0.05, 0) is 38.1 Å². The van der Waals surface area contributed by atoms with Crippen LogP contribution in [0, 0.1) is 0 Å². The van der Waals surface area contributed by atoms with E-state index in [1.165, 1.54) is 19.1 Å². The van der Waals surface area contributed by atoms with E-state index in [4.69, 9.17) is 9.84 Å². The van der Waals surface area contributed by atoms with Crippen LogP contribution in [-0.4, -0.2) is 32.8 Å². The maximum absolute atomic E-state index is 11.7. The lowest BCUT2D eigenvalue weighted by Crippen LogP contribution is -2.30. The lowest BCUT2D eigenvalue weighted by atomic mass is 10.3. The van der Waals surface area contributed by atoms with E-state index in [1.807, 2.05) is 6.92 Å². The molecule has 96 valence electrons. The highest BCUT2D eigenvalue weighted by Gasteiger charge is 2.14. The van der Waals surface area contributed by atoms with Gasteiger partial charge in [-0.15, -0.1) is 0 Å². The number of benzene rings is 1. The van der Waals surface area contributed by atoms with Crippen molar-refractivity contribution in [1.82, 2.24) is 4.72 Å². The molecule has 0 fully saturated rings. The molecule has 0 aliphatic carbocycles. The average molecular weight is 259 g/mol. The monoisotopic (exact) mass is 259 g/mol. The molecule has 0 spiro atoms. The van der Waals surface area contributed by atoms with Crippen molar-refractivity contribution in [2.24, 2.45) is 0 Å². The summed E-state index contributed by atoms with van der Waals surface area (Å²) >= 11 is 0. The van der Waals surface area contributed by atoms with Crippen LogP contribution in [0.15, 0.2) is 29.2 Å². The van der Waals surface area contributed by atoms with E-state index >= 15 is 0 Å². The molecule has 0 bridgehead atoms. The van der Waals surface area contributed by atoms with Gasteiger partial charge in [0.05, 0.1) is 17.6 Å². The fourth-order valence-electron chi connectivity index (χ4n) is 1.20. The first-order chi connectivity index (χ1) is 7.95. The van der Waals surface area contributed by atoms with Crippen molar-refractivity contribution in [1.29, 1.82) is 0 Å². The Balaban J connectivity index is 2.77. The van der Waals surface area contributed by atoms with Gasteiger partial charge in [0, 0.05) is 6.54 Å². The summed E-state index contributed by atoms with van der Waals surface area (Å²) in [5.41, 5.74) is 0. The van der Waals surface area contributed by atoms with Crippen molar-refractivity contribution in [2.75, 3.05) is 13.2 Å². The third kappa shape index (κ3) is 4.33. The van der Waals surface area contributed by atoms with Crippen molar-refractivity contribution >= 4 is 10.0 Å². The van der Waals surface area contributed by atoms with E-state index in [9.17, 15) is 8.42 Å². The Hall–Kier alpha value is -1.11. The average Bonchev–Trinajstić information content (AvgIpc) is 2.28. The fourth-order valence-corrected chi connectivity index (χ4v) is 2.32. The summed E-state index contributed by atoms with van der Waals surface area (Å²) < 4.78 is 31.0. The number of hydrogen-bond donors (Lipinski definition) is 2. The molecule has 0 unspecified atom stereocenters. The lowest BCUT2D eigenvalue weighted by Gasteiger charge is -2.09. The highest BCUT2D eigenvalue weighted by atomic mass is 32.2. The molecular weight excluding hydrogens is 242 g/mol. The molecule has 1 rings (SSSR count). The van der Waals surface area contributed by atoms with Gasteiger partial charge >= 0.3 is 0 Å². The number of aliphatic hydroxyl groups excluding tert-OH is 1. The minimum Gasteiger partial charge on any atom is -0.494 e. The predicted octanol–water partition coefficient (Wildman–Crippen LogP) is 0.744. The van der Waals surface area contributed by atoms with Gasteiger partial charge in [-0.1, -0.05) is 0 Å². The second kappa shape index (κ2) is 6.00. The SMILES string of the molecule is CCOc1ccc(S(=O)(=O)NC[C@H](C)O)cc1. The number of rotatable bonds is 6. The maximum Gasteiger partial charge on any atom is 0.240 e. The number of hydrogen-bond acceptors (Lipinski definition) is 4. The third-order valence-corrected chi connectivity index (χ3v) is 3.45. The van der Waals surface area contributed by atoms with Crippen molar-refractivity contribution in [3.63, 3.8) is 0 Å². The van der Waals surface area contributed by atoms with Crippen molar-refractivity contribution in [3.05, 3.63) is 24.3 Å². The Morgan fingerprint density at radius 2 is 1.94 bits per heavy atom. The van der Waals surface area contributed by atoms with Gasteiger partial charge < -0.3 is 9.84 Å². The first-order valence-electron chi connectivity index (χ1n) is 5.36. The number of nitrogens with one attached hydrogen (secondary N) is 1. The van der Waals surface area contributed by atoms with Crippen LogP contribution < -0.4 is 9.46 Å². The Morgan fingerprint density at radius 3 is 2.41 bits per heavy atom. The number of ether oxygens (including phenoxy) is 1. The molecule has 0 aliphatic heterocycles. The van der Waals surface area contributed by atoms with Crippen LogP contribution in [0.5, 0.6) is 5.75 Å². The Bertz CT molecular complexity index is 439. The van der Waals surface area contributed by atoms with Crippen LogP contribution in [0.2, 0.25) is 0 Å². The summed E-state index contributed by atoms with van der Waals surface area (Å²) in [6, 6.07) is 6.13. The molecule has 1 aromatic carbocycles. The second-order valence-corrected chi connectivity index (χ2v) is 5.37. The van der Waals surface area contributed by atoms with Gasteiger partial charge in [0.15, 0.2) is 0 Å². The van der Waals surface area contributed by atoms with E-state index < -0.39 is 16.1 Å². The molecule has 2 N–H and O–H groups in total. The minimum absolute atomic E-state index is 0.00442. The molecule has 6 heteroatoms. The van der Waals surface area contributed by atoms with Crippen LogP contribution in [0.3, 0.4) is 0 Å². The first-order valence-corrected chi connectivity index (χ1v) is 6.84. The van der Waals surface area contributed by atoms with E-state index in [-0.39, 0.29) is 11.4 Å². The Labute approximate surface area is 101 Å². The van der Waals surface area contributed by atoms with Gasteiger partial charge in [-0.25, -0.2) is 13.1 Å². The molecule has 0 amide bonds. The highest BCUT2D eigenvalue weighted by molar-refractivity contribution is 7.89. The molecule has 0 heterocycles. The highest BCUT2D eigenvalue weighted by Crippen LogP contribution is 2.15. The summed E-state index contributed by atoms with van der Waals surface area (Å²) in [5.74, 6) is 0.627. The van der Waals surface area contributed by atoms with Gasteiger partial charge in [-0.2, -0.15) is 0 Å². The van der Waals surface area contributed by atoms with Gasteiger partial charge in [-0.3, -0.25) is 0 Å². The van der Waals surface area contributed by atoms with Crippen LogP contribution in [0.1, 0.15) is 13.8 Å². The zero-order valence-electron chi connectivity index (χ0n) is 9.88. The van der Waals surface area contributed by atoms with Crippen molar-refractivity contribution < 1.29 is 18.3 Å². The topological polar surface area (TPSA) is 75.6 Å². The smallest absolute Gasteiger partial charge is 0.240 e. The summed E-state index contributed by atoms with van der Waals surface area (Å²) in [4.78, 5) is 0.154. The molecule has 17 heavy (non-hydrogen) atoms. The molecule has 0 aromatic heterocycles. The van der Waals surface area contributed by atoms with Crippen molar-refractivity contribution in [3.8, 4) is 5.75 Å². The third-order valence-electron chi connectivity index (χ3n) is 2.01. The van der Waals surface area contributed by atoms with Crippen LogP contribution in [-0.2, 0) is 10.0 Å². The van der Waals surface area contributed by atoms with Gasteiger partial charge in [0.25, 0.3) is 0 Å². The van der Waals surface area contributed by atoms with Crippen LogP contribution in [0.4, 0.5) is 0 Å².